The number of pyridine rings is 1. The molecule has 1 N–H and O–H groups in total. The second kappa shape index (κ2) is 8.14. The lowest BCUT2D eigenvalue weighted by Crippen LogP contribution is -2.29. The number of aryl methyl sites for hydroxylation is 1. The fraction of sp³-hybridized carbons (Fsp3) is 0.211. The number of hydrogen-bond acceptors (Lipinski definition) is 4. The summed E-state index contributed by atoms with van der Waals surface area (Å²) in [7, 11) is 0. The molecule has 3 aromatic rings. The van der Waals surface area contributed by atoms with Gasteiger partial charge in [0, 0.05) is 35.2 Å². The highest BCUT2D eigenvalue weighted by molar-refractivity contribution is 9.10. The molecule has 134 valence electrons. The average molecular weight is 417 g/mol. The van der Waals surface area contributed by atoms with Crippen molar-refractivity contribution in [2.75, 3.05) is 6.54 Å². The molecule has 0 aliphatic carbocycles. The molecule has 0 spiro atoms. The van der Waals surface area contributed by atoms with E-state index >= 15 is 0 Å². The van der Waals surface area contributed by atoms with Crippen molar-refractivity contribution in [2.45, 2.75) is 19.4 Å². The average Bonchev–Trinajstić information content (AvgIpc) is 2.63. The maximum Gasteiger partial charge on any atom is 0.349 e. The first-order chi connectivity index (χ1) is 12.5. The second-order valence-corrected chi connectivity index (χ2v) is 6.74. The van der Waals surface area contributed by atoms with Crippen LogP contribution < -0.4 is 16.5 Å². The third-order valence-corrected chi connectivity index (χ3v) is 4.41. The van der Waals surface area contributed by atoms with E-state index in [2.05, 4.69) is 21.2 Å². The van der Waals surface area contributed by atoms with Gasteiger partial charge in [-0.2, -0.15) is 0 Å². The number of amides is 1. The molecule has 0 fully saturated rings. The van der Waals surface area contributed by atoms with Gasteiger partial charge in [-0.3, -0.25) is 9.59 Å². The van der Waals surface area contributed by atoms with E-state index < -0.39 is 11.5 Å². The first kappa shape index (κ1) is 18.1. The minimum absolute atomic E-state index is 0.00749. The number of nitrogens with zero attached hydrogens (tertiary/aromatic N) is 1. The third-order valence-electron chi connectivity index (χ3n) is 3.94. The van der Waals surface area contributed by atoms with Gasteiger partial charge in [-0.15, -0.1) is 0 Å². The van der Waals surface area contributed by atoms with E-state index in [1.807, 2.05) is 6.07 Å². The maximum atomic E-state index is 12.2. The fourth-order valence-corrected chi connectivity index (χ4v) is 2.98. The topological polar surface area (TPSA) is 81.3 Å². The molecule has 0 atom stereocenters. The predicted octanol–water partition coefficient (Wildman–Crippen LogP) is 2.93. The number of carbonyl (C=O) groups excluding carboxylic acids is 1. The number of carbonyl (C=O) groups is 1. The molecular weight excluding hydrogens is 400 g/mol. The number of nitrogens with one attached hydrogen (secondary N) is 1. The Balaban J connectivity index is 1.54. The number of halogens is 1. The Morgan fingerprint density at radius 1 is 1.12 bits per heavy atom. The van der Waals surface area contributed by atoms with Crippen molar-refractivity contribution in [2.24, 2.45) is 0 Å². The van der Waals surface area contributed by atoms with Crippen molar-refractivity contribution < 1.29 is 9.21 Å². The summed E-state index contributed by atoms with van der Waals surface area (Å²) in [4.78, 5) is 35.9. The van der Waals surface area contributed by atoms with Gasteiger partial charge in [0.1, 0.15) is 11.1 Å². The molecule has 0 bridgehead atoms. The summed E-state index contributed by atoms with van der Waals surface area (Å²) < 4.78 is 7.62. The monoisotopic (exact) mass is 416 g/mol. The van der Waals surface area contributed by atoms with E-state index in [9.17, 15) is 14.4 Å². The molecule has 2 heterocycles. The molecule has 0 saturated carbocycles. The van der Waals surface area contributed by atoms with Crippen LogP contribution in [0.2, 0.25) is 0 Å². The lowest BCUT2D eigenvalue weighted by molar-refractivity contribution is 0.0949. The molecule has 0 saturated heterocycles. The molecule has 26 heavy (non-hydrogen) atoms. The van der Waals surface area contributed by atoms with Crippen LogP contribution in [-0.4, -0.2) is 17.0 Å². The molecule has 7 heteroatoms. The Hall–Kier alpha value is -2.67. The minimum atomic E-state index is -0.651. The van der Waals surface area contributed by atoms with E-state index in [4.69, 9.17) is 4.42 Å². The van der Waals surface area contributed by atoms with Gasteiger partial charge in [0.2, 0.25) is 0 Å². The van der Waals surface area contributed by atoms with E-state index in [0.717, 1.165) is 10.9 Å². The Kier molecular flexibility index (Phi) is 5.68. The Morgan fingerprint density at radius 3 is 2.77 bits per heavy atom. The molecular formula is C19H17BrN2O4. The van der Waals surface area contributed by atoms with Crippen molar-refractivity contribution >= 4 is 32.8 Å². The number of benzene rings is 1. The van der Waals surface area contributed by atoms with Crippen LogP contribution >= 0.6 is 15.9 Å². The fourth-order valence-electron chi connectivity index (χ4n) is 2.60. The van der Waals surface area contributed by atoms with Crippen LogP contribution in [0.5, 0.6) is 0 Å². The standard InChI is InChI=1S/C19H17BrN2O4/c20-14-7-8-17(23)22(12-14)10-4-3-9-21-18(24)15-11-13-5-1-2-6-16(13)26-19(15)25/h1-2,5-8,11-12H,3-4,9-10H2,(H,21,24). The zero-order valence-electron chi connectivity index (χ0n) is 13.9. The molecule has 3 rings (SSSR count). The molecule has 1 aromatic carbocycles. The van der Waals surface area contributed by atoms with Crippen LogP contribution in [0.4, 0.5) is 0 Å². The van der Waals surface area contributed by atoms with Gasteiger partial charge >= 0.3 is 5.63 Å². The highest BCUT2D eigenvalue weighted by Crippen LogP contribution is 2.12. The van der Waals surface area contributed by atoms with Gasteiger partial charge in [0.15, 0.2) is 0 Å². The smallest absolute Gasteiger partial charge is 0.349 e. The molecule has 2 aromatic heterocycles. The summed E-state index contributed by atoms with van der Waals surface area (Å²) in [6, 6.07) is 11.8. The summed E-state index contributed by atoms with van der Waals surface area (Å²) in [6.45, 7) is 0.972. The van der Waals surface area contributed by atoms with Crippen molar-refractivity contribution in [1.82, 2.24) is 9.88 Å². The molecule has 0 unspecified atom stereocenters. The zero-order valence-corrected chi connectivity index (χ0v) is 15.5. The Morgan fingerprint density at radius 2 is 1.92 bits per heavy atom. The maximum absolute atomic E-state index is 12.2. The van der Waals surface area contributed by atoms with Crippen LogP contribution in [0.15, 0.2) is 67.1 Å². The van der Waals surface area contributed by atoms with Crippen LogP contribution in [-0.2, 0) is 6.54 Å². The SMILES string of the molecule is O=C(NCCCCn1cc(Br)ccc1=O)c1cc2ccccc2oc1=O. The van der Waals surface area contributed by atoms with Crippen molar-refractivity contribution in [1.29, 1.82) is 0 Å². The summed E-state index contributed by atoms with van der Waals surface area (Å²) in [5, 5.41) is 3.42. The number of unbranched alkanes of at least 4 members (excludes halogenated alkanes) is 1. The highest BCUT2D eigenvalue weighted by atomic mass is 79.9. The van der Waals surface area contributed by atoms with Crippen molar-refractivity contribution in [3.8, 4) is 0 Å². The normalized spacial score (nSPS) is 10.8. The number of para-hydroxylation sites is 1. The third kappa shape index (κ3) is 4.29. The second-order valence-electron chi connectivity index (χ2n) is 5.83. The van der Waals surface area contributed by atoms with Crippen LogP contribution in [0.25, 0.3) is 11.0 Å². The van der Waals surface area contributed by atoms with Gasteiger partial charge in [0.05, 0.1) is 0 Å². The molecule has 0 aliphatic rings. The Bertz CT molecular complexity index is 1060. The zero-order chi connectivity index (χ0) is 18.5. The summed E-state index contributed by atoms with van der Waals surface area (Å²) >= 11 is 3.33. The molecule has 1 amide bonds. The number of fused-ring (bicyclic) bond motifs is 1. The molecule has 0 aliphatic heterocycles. The summed E-state index contributed by atoms with van der Waals surface area (Å²) in [5.41, 5.74) is -0.270. The van der Waals surface area contributed by atoms with E-state index in [0.29, 0.717) is 30.5 Å². The quantitative estimate of drug-likeness (QED) is 0.494. The minimum Gasteiger partial charge on any atom is -0.422 e. The van der Waals surface area contributed by atoms with Gasteiger partial charge < -0.3 is 14.3 Å². The Labute approximate surface area is 157 Å². The van der Waals surface area contributed by atoms with Crippen molar-refractivity contribution in [3.05, 3.63) is 79.5 Å². The van der Waals surface area contributed by atoms with E-state index in [-0.39, 0.29) is 11.1 Å². The van der Waals surface area contributed by atoms with E-state index in [1.165, 1.54) is 12.1 Å². The van der Waals surface area contributed by atoms with Gasteiger partial charge in [0.25, 0.3) is 11.5 Å². The van der Waals surface area contributed by atoms with Gasteiger partial charge in [-0.25, -0.2) is 4.79 Å². The lowest BCUT2D eigenvalue weighted by Gasteiger charge is -2.07. The van der Waals surface area contributed by atoms with Crippen molar-refractivity contribution in [3.63, 3.8) is 0 Å². The van der Waals surface area contributed by atoms with Crippen LogP contribution in [0, 0.1) is 0 Å². The number of aromatic nitrogens is 1. The van der Waals surface area contributed by atoms with Gasteiger partial charge in [-0.1, -0.05) is 18.2 Å². The van der Waals surface area contributed by atoms with Crippen LogP contribution in [0.1, 0.15) is 23.2 Å². The summed E-state index contributed by atoms with van der Waals surface area (Å²) in [6.07, 6.45) is 3.15. The number of hydrogen-bond donors (Lipinski definition) is 1. The predicted molar refractivity (Wildman–Crippen MR) is 102 cm³/mol. The highest BCUT2D eigenvalue weighted by Gasteiger charge is 2.12. The molecule has 6 nitrogen and oxygen atoms in total. The van der Waals surface area contributed by atoms with Crippen LogP contribution in [0.3, 0.4) is 0 Å². The van der Waals surface area contributed by atoms with E-state index in [1.54, 1.807) is 35.0 Å². The number of rotatable bonds is 6. The lowest BCUT2D eigenvalue weighted by atomic mass is 10.2. The first-order valence-electron chi connectivity index (χ1n) is 8.22. The first-order valence-corrected chi connectivity index (χ1v) is 9.01. The van der Waals surface area contributed by atoms with Gasteiger partial charge in [-0.05, 0) is 47.0 Å². The summed E-state index contributed by atoms with van der Waals surface area (Å²) in [5.74, 6) is -0.455. The molecule has 0 radical (unpaired) electrons. The largest absolute Gasteiger partial charge is 0.422 e.